The van der Waals surface area contributed by atoms with Crippen molar-refractivity contribution in [2.75, 3.05) is 6.61 Å². The number of benzene rings is 1. The molecule has 0 amide bonds. The van der Waals surface area contributed by atoms with E-state index in [9.17, 15) is 5.11 Å². The summed E-state index contributed by atoms with van der Waals surface area (Å²) < 4.78 is 11.7. The lowest BCUT2D eigenvalue weighted by Gasteiger charge is -2.32. The molecule has 3 nitrogen and oxygen atoms in total. The van der Waals surface area contributed by atoms with Crippen molar-refractivity contribution in [2.45, 2.75) is 43.3 Å². The fraction of sp³-hybridized carbons (Fsp3) is 0.571. The van der Waals surface area contributed by atoms with Crippen molar-refractivity contribution < 1.29 is 14.6 Å². The normalized spacial score (nSPS) is 31.6. The van der Waals surface area contributed by atoms with Crippen molar-refractivity contribution in [3.8, 4) is 11.5 Å². The summed E-state index contributed by atoms with van der Waals surface area (Å²) in [7, 11) is 0. The molecule has 3 heteroatoms. The van der Waals surface area contributed by atoms with Gasteiger partial charge in [-0.2, -0.15) is 0 Å². The summed E-state index contributed by atoms with van der Waals surface area (Å²) in [6.45, 7) is 0.815. The quantitative estimate of drug-likeness (QED) is 0.847. The van der Waals surface area contributed by atoms with E-state index >= 15 is 0 Å². The van der Waals surface area contributed by atoms with Crippen LogP contribution in [0.5, 0.6) is 11.5 Å². The predicted molar refractivity (Wildman–Crippen MR) is 62.5 cm³/mol. The van der Waals surface area contributed by atoms with Crippen molar-refractivity contribution in [1.82, 2.24) is 0 Å². The lowest BCUT2D eigenvalue weighted by Crippen LogP contribution is -2.37. The predicted octanol–water partition coefficient (Wildman–Crippen LogP) is 2.01. The van der Waals surface area contributed by atoms with Crippen molar-refractivity contribution in [1.29, 1.82) is 0 Å². The molecule has 2 fully saturated rings. The first-order chi connectivity index (χ1) is 8.27. The second-order valence-electron chi connectivity index (χ2n) is 5.56. The molecule has 1 spiro atoms. The molecule has 0 saturated heterocycles. The molecule has 0 atom stereocenters. The third-order valence-electron chi connectivity index (χ3n) is 4.24. The summed E-state index contributed by atoms with van der Waals surface area (Å²) in [5.41, 5.74) is 1.54. The third-order valence-corrected chi connectivity index (χ3v) is 4.24. The van der Waals surface area contributed by atoms with Crippen molar-refractivity contribution in [2.24, 2.45) is 0 Å². The highest BCUT2D eigenvalue weighted by Gasteiger charge is 2.52. The molecule has 0 bridgehead atoms. The highest BCUT2D eigenvalue weighted by molar-refractivity contribution is 5.55. The largest absolute Gasteiger partial charge is 0.492 e. The smallest absolute Gasteiger partial charge is 0.127 e. The van der Waals surface area contributed by atoms with Gasteiger partial charge in [0.2, 0.25) is 0 Å². The highest BCUT2D eigenvalue weighted by atomic mass is 16.5. The van der Waals surface area contributed by atoms with Crippen LogP contribution in [0.4, 0.5) is 0 Å². The molecule has 1 aromatic carbocycles. The Hall–Kier alpha value is -1.22. The molecule has 17 heavy (non-hydrogen) atoms. The lowest BCUT2D eigenvalue weighted by atomic mass is 9.91. The summed E-state index contributed by atoms with van der Waals surface area (Å²) >= 11 is 0. The minimum absolute atomic E-state index is 0.164. The van der Waals surface area contributed by atoms with Crippen molar-refractivity contribution in [3.63, 3.8) is 0 Å². The summed E-state index contributed by atoms with van der Waals surface area (Å²) in [5, 5.41) is 9.30. The molecule has 2 aliphatic carbocycles. The summed E-state index contributed by atoms with van der Waals surface area (Å²) in [5.74, 6) is 1.98. The zero-order valence-corrected chi connectivity index (χ0v) is 9.69. The van der Waals surface area contributed by atoms with Crippen LogP contribution in [0, 0.1) is 0 Å². The highest BCUT2D eigenvalue weighted by Crippen LogP contribution is 2.58. The monoisotopic (exact) mass is 232 g/mol. The van der Waals surface area contributed by atoms with Gasteiger partial charge in [-0.15, -0.1) is 0 Å². The molecule has 3 aliphatic rings. The number of rotatable bonds is 2. The first-order valence-corrected chi connectivity index (χ1v) is 6.38. The van der Waals surface area contributed by atoms with E-state index in [-0.39, 0.29) is 17.6 Å². The van der Waals surface area contributed by atoms with E-state index in [1.54, 1.807) is 0 Å². The van der Waals surface area contributed by atoms with Crippen LogP contribution in [0.1, 0.15) is 31.2 Å². The van der Waals surface area contributed by atoms with E-state index in [1.807, 2.05) is 18.2 Å². The van der Waals surface area contributed by atoms with Gasteiger partial charge in [-0.25, -0.2) is 0 Å². The molecule has 0 radical (unpaired) electrons. The second kappa shape index (κ2) is 3.16. The van der Waals surface area contributed by atoms with E-state index < -0.39 is 0 Å². The first-order valence-electron chi connectivity index (χ1n) is 6.38. The maximum Gasteiger partial charge on any atom is 0.127 e. The molecule has 1 aromatic rings. The Kier molecular flexibility index (Phi) is 1.82. The minimum atomic E-state index is -0.164. The molecule has 2 saturated carbocycles. The molecule has 1 N–H and O–H groups in total. The van der Waals surface area contributed by atoms with Crippen LogP contribution in [0.15, 0.2) is 18.2 Å². The van der Waals surface area contributed by atoms with Crippen molar-refractivity contribution in [3.05, 3.63) is 23.8 Å². The summed E-state index contributed by atoms with van der Waals surface area (Å²) in [6.07, 6.45) is 3.98. The number of hydrogen-bond donors (Lipinski definition) is 1. The first kappa shape index (κ1) is 9.77. The molecule has 0 aromatic heterocycles. The standard InChI is InChI=1S/C14H16O3/c15-9-6-10(7-9)17-12-3-1-2-11-13(12)14(4-5-14)8-16-11/h1-3,9-10,15H,4-8H2/t9-,10-. The number of aliphatic hydroxyl groups excluding tert-OH is 1. The maximum atomic E-state index is 9.30. The van der Waals surface area contributed by atoms with Gasteiger partial charge in [0, 0.05) is 23.8 Å². The van der Waals surface area contributed by atoms with Gasteiger partial charge in [0.15, 0.2) is 0 Å². The maximum absolute atomic E-state index is 9.30. The van der Waals surface area contributed by atoms with E-state index in [0.29, 0.717) is 0 Å². The summed E-state index contributed by atoms with van der Waals surface area (Å²) in [6, 6.07) is 6.06. The number of aliphatic hydroxyl groups is 1. The minimum Gasteiger partial charge on any atom is -0.492 e. The second-order valence-corrected chi connectivity index (χ2v) is 5.56. The van der Waals surface area contributed by atoms with Crippen LogP contribution < -0.4 is 9.47 Å². The van der Waals surface area contributed by atoms with Gasteiger partial charge in [0.1, 0.15) is 17.6 Å². The van der Waals surface area contributed by atoms with Gasteiger partial charge in [0.05, 0.1) is 12.7 Å². The molecule has 1 aliphatic heterocycles. The third kappa shape index (κ3) is 1.38. The van der Waals surface area contributed by atoms with Gasteiger partial charge in [-0.3, -0.25) is 0 Å². The molecule has 4 rings (SSSR count). The van der Waals surface area contributed by atoms with Gasteiger partial charge in [-0.1, -0.05) is 6.07 Å². The SMILES string of the molecule is O[C@H]1C[C@H](Oc2cccc3c2C2(CC2)CO3)C1. The van der Waals surface area contributed by atoms with Crippen molar-refractivity contribution >= 4 is 0 Å². The molecular formula is C14H16O3. The van der Waals surface area contributed by atoms with Gasteiger partial charge in [0.25, 0.3) is 0 Å². The Balaban J connectivity index is 1.65. The van der Waals surface area contributed by atoms with E-state index in [0.717, 1.165) is 30.9 Å². The zero-order valence-electron chi connectivity index (χ0n) is 9.69. The van der Waals surface area contributed by atoms with Crippen LogP contribution >= 0.6 is 0 Å². The van der Waals surface area contributed by atoms with E-state index in [2.05, 4.69) is 0 Å². The zero-order chi connectivity index (χ0) is 11.5. The lowest BCUT2D eigenvalue weighted by molar-refractivity contribution is -0.0112. The van der Waals surface area contributed by atoms with Gasteiger partial charge < -0.3 is 14.6 Å². The average molecular weight is 232 g/mol. The molecule has 1 heterocycles. The Morgan fingerprint density at radius 3 is 2.82 bits per heavy atom. The number of ether oxygens (including phenoxy) is 2. The van der Waals surface area contributed by atoms with Crippen LogP contribution in [0.2, 0.25) is 0 Å². The summed E-state index contributed by atoms with van der Waals surface area (Å²) in [4.78, 5) is 0. The van der Waals surface area contributed by atoms with Crippen LogP contribution in [-0.2, 0) is 5.41 Å². The Labute approximate surface area is 100 Å². The Morgan fingerprint density at radius 1 is 1.29 bits per heavy atom. The van der Waals surface area contributed by atoms with Crippen LogP contribution in [-0.4, -0.2) is 23.9 Å². The number of hydrogen-bond acceptors (Lipinski definition) is 3. The van der Waals surface area contributed by atoms with Crippen LogP contribution in [0.3, 0.4) is 0 Å². The Bertz CT molecular complexity index is 459. The fourth-order valence-corrected chi connectivity index (χ4v) is 2.90. The number of fused-ring (bicyclic) bond motifs is 2. The van der Waals surface area contributed by atoms with Gasteiger partial charge >= 0.3 is 0 Å². The fourth-order valence-electron chi connectivity index (χ4n) is 2.90. The Morgan fingerprint density at radius 2 is 2.12 bits per heavy atom. The average Bonchev–Trinajstić information content (AvgIpc) is 2.95. The van der Waals surface area contributed by atoms with E-state index in [4.69, 9.17) is 9.47 Å². The topological polar surface area (TPSA) is 38.7 Å². The molecule has 90 valence electrons. The molecule has 0 unspecified atom stereocenters. The van der Waals surface area contributed by atoms with E-state index in [1.165, 1.54) is 18.4 Å². The van der Waals surface area contributed by atoms with Gasteiger partial charge in [-0.05, 0) is 25.0 Å². The molecular weight excluding hydrogens is 216 g/mol. The van der Waals surface area contributed by atoms with Crippen LogP contribution in [0.25, 0.3) is 0 Å².